The van der Waals surface area contributed by atoms with Gasteiger partial charge in [0, 0.05) is 7.05 Å². The number of halogens is 2. The van der Waals surface area contributed by atoms with Crippen LogP contribution in [-0.4, -0.2) is 30.4 Å². The highest BCUT2D eigenvalue weighted by Gasteiger charge is 2.33. The predicted octanol–water partition coefficient (Wildman–Crippen LogP) is 2.65. The second-order valence-electron chi connectivity index (χ2n) is 6.21. The SMILES string of the molecule is CNC(=O)[C@@H](NC(=O)[C@@H](SC)C(C)(C)C)c1ccc(F)c(F)c1. The van der Waals surface area contributed by atoms with Crippen molar-refractivity contribution in [2.24, 2.45) is 5.41 Å². The van der Waals surface area contributed by atoms with E-state index >= 15 is 0 Å². The number of rotatable bonds is 5. The van der Waals surface area contributed by atoms with Crippen molar-refractivity contribution in [3.63, 3.8) is 0 Å². The molecule has 1 rings (SSSR count). The number of carbonyl (C=O) groups is 2. The van der Waals surface area contributed by atoms with E-state index in [-0.39, 0.29) is 22.1 Å². The topological polar surface area (TPSA) is 58.2 Å². The number of benzene rings is 1. The number of thioether (sulfide) groups is 1. The first kappa shape index (κ1) is 19.4. The second-order valence-corrected chi connectivity index (χ2v) is 7.15. The molecule has 2 N–H and O–H groups in total. The van der Waals surface area contributed by atoms with Crippen molar-refractivity contribution in [1.29, 1.82) is 0 Å². The number of likely N-dealkylation sites (N-methyl/N-ethyl adjacent to an activating group) is 1. The summed E-state index contributed by atoms with van der Waals surface area (Å²) in [5, 5.41) is 4.66. The molecule has 4 nitrogen and oxygen atoms in total. The minimum atomic E-state index is -1.08. The normalized spacial score (nSPS) is 14.0. The number of hydrogen-bond acceptors (Lipinski definition) is 3. The van der Waals surface area contributed by atoms with Crippen LogP contribution in [-0.2, 0) is 9.59 Å². The zero-order chi connectivity index (χ0) is 17.8. The zero-order valence-corrected chi connectivity index (χ0v) is 14.7. The van der Waals surface area contributed by atoms with Gasteiger partial charge in [-0.15, -0.1) is 0 Å². The Hall–Kier alpha value is -1.63. The van der Waals surface area contributed by atoms with E-state index in [0.717, 1.165) is 12.1 Å². The Kier molecular flexibility index (Phi) is 6.56. The third kappa shape index (κ3) is 4.92. The molecular weight excluding hydrogens is 322 g/mol. The van der Waals surface area contributed by atoms with E-state index in [1.807, 2.05) is 27.0 Å². The lowest BCUT2D eigenvalue weighted by Gasteiger charge is -2.29. The van der Waals surface area contributed by atoms with Gasteiger partial charge in [-0.05, 0) is 29.4 Å². The second kappa shape index (κ2) is 7.77. The first-order chi connectivity index (χ1) is 10.6. The smallest absolute Gasteiger partial charge is 0.246 e. The van der Waals surface area contributed by atoms with Gasteiger partial charge in [0.05, 0.1) is 5.25 Å². The van der Waals surface area contributed by atoms with E-state index in [1.165, 1.54) is 24.9 Å². The lowest BCUT2D eigenvalue weighted by atomic mass is 9.90. The Balaban J connectivity index is 3.11. The van der Waals surface area contributed by atoms with E-state index in [4.69, 9.17) is 0 Å². The van der Waals surface area contributed by atoms with Crippen LogP contribution in [0.1, 0.15) is 32.4 Å². The van der Waals surface area contributed by atoms with Gasteiger partial charge >= 0.3 is 0 Å². The molecule has 1 aromatic rings. The van der Waals surface area contributed by atoms with Crippen LogP contribution in [0.3, 0.4) is 0 Å². The van der Waals surface area contributed by atoms with Gasteiger partial charge in [-0.1, -0.05) is 26.8 Å². The molecule has 0 aromatic heterocycles. The van der Waals surface area contributed by atoms with Crippen LogP contribution in [0.4, 0.5) is 8.78 Å². The van der Waals surface area contributed by atoms with Crippen LogP contribution >= 0.6 is 11.8 Å². The van der Waals surface area contributed by atoms with Crippen molar-refractivity contribution >= 4 is 23.6 Å². The fourth-order valence-electron chi connectivity index (χ4n) is 2.21. The van der Waals surface area contributed by atoms with Crippen molar-refractivity contribution < 1.29 is 18.4 Å². The maximum Gasteiger partial charge on any atom is 0.246 e. The third-order valence-corrected chi connectivity index (χ3v) is 4.73. The van der Waals surface area contributed by atoms with Gasteiger partial charge in [0.1, 0.15) is 6.04 Å². The van der Waals surface area contributed by atoms with Crippen molar-refractivity contribution in [2.45, 2.75) is 32.1 Å². The maximum atomic E-state index is 13.4. The van der Waals surface area contributed by atoms with Crippen molar-refractivity contribution in [1.82, 2.24) is 10.6 Å². The van der Waals surface area contributed by atoms with Crippen LogP contribution in [0.25, 0.3) is 0 Å². The highest BCUT2D eigenvalue weighted by Crippen LogP contribution is 2.29. The number of amides is 2. The molecule has 0 spiro atoms. The minimum absolute atomic E-state index is 0.186. The molecule has 0 aliphatic carbocycles. The van der Waals surface area contributed by atoms with E-state index < -0.39 is 23.6 Å². The summed E-state index contributed by atoms with van der Waals surface area (Å²) in [4.78, 5) is 24.6. The highest BCUT2D eigenvalue weighted by atomic mass is 32.2. The summed E-state index contributed by atoms with van der Waals surface area (Å²) in [6, 6.07) is 2.05. The molecule has 0 bridgehead atoms. The molecule has 0 saturated carbocycles. The average Bonchev–Trinajstić information content (AvgIpc) is 2.46. The van der Waals surface area contributed by atoms with Gasteiger partial charge in [-0.2, -0.15) is 11.8 Å². The molecule has 7 heteroatoms. The molecule has 23 heavy (non-hydrogen) atoms. The summed E-state index contributed by atoms with van der Waals surface area (Å²) in [5.41, 5.74) is -0.129. The summed E-state index contributed by atoms with van der Waals surface area (Å²) in [7, 11) is 1.41. The summed E-state index contributed by atoms with van der Waals surface area (Å²) in [5.74, 6) is -2.91. The molecule has 0 unspecified atom stereocenters. The van der Waals surface area contributed by atoms with Crippen molar-refractivity contribution in [2.75, 3.05) is 13.3 Å². The molecule has 1 aromatic carbocycles. The molecule has 2 atom stereocenters. The first-order valence-electron chi connectivity index (χ1n) is 7.11. The molecule has 0 aliphatic heterocycles. The van der Waals surface area contributed by atoms with Crippen LogP contribution in [0.2, 0.25) is 0 Å². The summed E-state index contributed by atoms with van der Waals surface area (Å²) >= 11 is 1.37. The standard InChI is InChI=1S/C16H22F2N2O2S/c1-16(2,3)13(23-5)15(22)20-12(14(21)19-4)9-6-7-10(17)11(18)8-9/h6-8,12-13H,1-5H3,(H,19,21)(H,20,22)/t12-,13+/m0/s1. The lowest BCUT2D eigenvalue weighted by molar-refractivity contribution is -0.129. The van der Waals surface area contributed by atoms with Gasteiger partial charge in [-0.3, -0.25) is 9.59 Å². The van der Waals surface area contributed by atoms with Crippen LogP contribution in [0.5, 0.6) is 0 Å². The molecule has 0 saturated heterocycles. The molecule has 0 aliphatic rings. The maximum absolute atomic E-state index is 13.4. The van der Waals surface area contributed by atoms with Gasteiger partial charge in [-0.25, -0.2) is 8.78 Å². The van der Waals surface area contributed by atoms with Crippen LogP contribution < -0.4 is 10.6 Å². The molecule has 0 fully saturated rings. The Labute approximate surface area is 139 Å². The van der Waals surface area contributed by atoms with Crippen molar-refractivity contribution in [3.05, 3.63) is 35.4 Å². The van der Waals surface area contributed by atoms with E-state index in [0.29, 0.717) is 0 Å². The van der Waals surface area contributed by atoms with Crippen LogP contribution in [0, 0.1) is 17.0 Å². The van der Waals surface area contributed by atoms with Crippen LogP contribution in [0.15, 0.2) is 18.2 Å². The Morgan fingerprint density at radius 3 is 2.17 bits per heavy atom. The lowest BCUT2D eigenvalue weighted by Crippen LogP contribution is -2.46. The molecular formula is C16H22F2N2O2S. The summed E-state index contributed by atoms with van der Waals surface area (Å²) in [6.45, 7) is 5.75. The van der Waals surface area contributed by atoms with E-state index in [1.54, 1.807) is 0 Å². The molecule has 2 amide bonds. The zero-order valence-electron chi connectivity index (χ0n) is 13.9. The largest absolute Gasteiger partial charge is 0.357 e. The summed E-state index contributed by atoms with van der Waals surface area (Å²) in [6.07, 6.45) is 1.81. The molecule has 0 radical (unpaired) electrons. The quantitative estimate of drug-likeness (QED) is 0.863. The Bertz CT molecular complexity index is 588. The third-order valence-electron chi connectivity index (χ3n) is 3.33. The van der Waals surface area contributed by atoms with E-state index in [2.05, 4.69) is 10.6 Å². The predicted molar refractivity (Wildman–Crippen MR) is 88.1 cm³/mol. The minimum Gasteiger partial charge on any atom is -0.357 e. The van der Waals surface area contributed by atoms with E-state index in [9.17, 15) is 18.4 Å². The highest BCUT2D eigenvalue weighted by molar-refractivity contribution is 8.00. The first-order valence-corrected chi connectivity index (χ1v) is 8.40. The fraction of sp³-hybridized carbons (Fsp3) is 0.500. The molecule has 128 valence electrons. The number of hydrogen-bond donors (Lipinski definition) is 2. The Morgan fingerprint density at radius 2 is 1.74 bits per heavy atom. The fourth-order valence-corrected chi connectivity index (χ4v) is 3.20. The van der Waals surface area contributed by atoms with Gasteiger partial charge in [0.2, 0.25) is 11.8 Å². The molecule has 0 heterocycles. The Morgan fingerprint density at radius 1 is 1.13 bits per heavy atom. The van der Waals surface area contributed by atoms with Gasteiger partial charge < -0.3 is 10.6 Å². The van der Waals surface area contributed by atoms with Crippen molar-refractivity contribution in [3.8, 4) is 0 Å². The summed E-state index contributed by atoms with van der Waals surface area (Å²) < 4.78 is 26.5. The number of carbonyl (C=O) groups excluding carboxylic acids is 2. The van der Waals surface area contributed by atoms with Gasteiger partial charge in [0.15, 0.2) is 11.6 Å². The average molecular weight is 344 g/mol. The monoisotopic (exact) mass is 344 g/mol. The van der Waals surface area contributed by atoms with Gasteiger partial charge in [0.25, 0.3) is 0 Å². The number of nitrogens with one attached hydrogen (secondary N) is 2.